The molecule has 1 saturated carbocycles. The number of carbonyl (C=O) groups is 2. The average molecular weight is 672 g/mol. The highest BCUT2D eigenvalue weighted by Gasteiger charge is 2.35. The summed E-state index contributed by atoms with van der Waals surface area (Å²) in [7, 11) is -4.16. The molecule has 7 nitrogen and oxygen atoms in total. The number of aryl methyl sites for hydroxylation is 2. The Morgan fingerprint density at radius 3 is 2.06 bits per heavy atom. The molecule has 0 aromatic heterocycles. The predicted octanol–water partition coefficient (Wildman–Crippen LogP) is 7.24. The minimum Gasteiger partial charge on any atom is -0.352 e. The Bertz CT molecular complexity index is 1760. The molecule has 0 radical (unpaired) electrons. The van der Waals surface area contributed by atoms with Crippen molar-refractivity contribution in [2.45, 2.75) is 75.9 Å². The van der Waals surface area contributed by atoms with Gasteiger partial charge in [0.1, 0.15) is 12.6 Å². The van der Waals surface area contributed by atoms with Crippen molar-refractivity contribution in [1.82, 2.24) is 10.2 Å². The largest absolute Gasteiger partial charge is 0.352 e. The first-order valence-corrected chi connectivity index (χ1v) is 18.0. The van der Waals surface area contributed by atoms with Crippen LogP contribution in [-0.2, 0) is 32.6 Å². The van der Waals surface area contributed by atoms with Crippen molar-refractivity contribution in [2.24, 2.45) is 0 Å². The first-order valence-electron chi connectivity index (χ1n) is 16.1. The van der Waals surface area contributed by atoms with Gasteiger partial charge in [-0.2, -0.15) is 0 Å². The molecule has 5 rings (SSSR count). The number of rotatable bonds is 12. The lowest BCUT2D eigenvalue weighted by molar-refractivity contribution is -0.140. The molecule has 1 aliphatic rings. The monoisotopic (exact) mass is 671 g/mol. The van der Waals surface area contributed by atoms with Gasteiger partial charge in [0.15, 0.2) is 0 Å². The fourth-order valence-corrected chi connectivity index (χ4v) is 7.91. The number of benzene rings is 4. The summed E-state index contributed by atoms with van der Waals surface area (Å²) in [5.41, 5.74) is 3.74. The van der Waals surface area contributed by atoms with Gasteiger partial charge in [-0.1, -0.05) is 97.6 Å². The number of nitrogens with zero attached hydrogens (tertiary/aromatic N) is 2. The number of nitrogens with one attached hydrogen (secondary N) is 1. The van der Waals surface area contributed by atoms with Crippen LogP contribution in [0.2, 0.25) is 5.02 Å². The molecule has 9 heteroatoms. The van der Waals surface area contributed by atoms with Crippen LogP contribution in [0.15, 0.2) is 108 Å². The molecule has 0 bridgehead atoms. The SMILES string of the molecule is Cc1cc(C)cc(N(CC(=O)N(Cc2cccc(Cl)c2)[C@@H](Cc2ccccc2)C(=O)NC2CCCCC2)S(=O)(=O)c2ccccc2)c1. The van der Waals surface area contributed by atoms with E-state index in [2.05, 4.69) is 5.32 Å². The summed E-state index contributed by atoms with van der Waals surface area (Å²) in [4.78, 5) is 30.5. The molecule has 1 atom stereocenters. The Kier molecular flexibility index (Phi) is 11.4. The second kappa shape index (κ2) is 15.6. The van der Waals surface area contributed by atoms with Gasteiger partial charge in [-0.3, -0.25) is 13.9 Å². The van der Waals surface area contributed by atoms with E-state index in [0.29, 0.717) is 10.7 Å². The number of amides is 2. The van der Waals surface area contributed by atoms with Gasteiger partial charge < -0.3 is 10.2 Å². The van der Waals surface area contributed by atoms with E-state index < -0.39 is 28.5 Å². The van der Waals surface area contributed by atoms with Crippen LogP contribution in [-0.4, -0.2) is 43.8 Å². The topological polar surface area (TPSA) is 86.8 Å². The molecule has 0 unspecified atom stereocenters. The lowest BCUT2D eigenvalue weighted by Gasteiger charge is -2.35. The number of halogens is 1. The van der Waals surface area contributed by atoms with E-state index in [-0.39, 0.29) is 29.8 Å². The second-order valence-corrected chi connectivity index (χ2v) is 14.7. The molecule has 1 aliphatic carbocycles. The minimum atomic E-state index is -4.16. The average Bonchev–Trinajstić information content (AvgIpc) is 3.06. The molecule has 0 heterocycles. The van der Waals surface area contributed by atoms with Crippen molar-refractivity contribution >= 4 is 39.1 Å². The maximum atomic E-state index is 14.7. The molecular formula is C38H42ClN3O4S. The molecule has 2 amide bonds. The quantitative estimate of drug-likeness (QED) is 0.172. The van der Waals surface area contributed by atoms with Gasteiger partial charge in [0, 0.05) is 24.0 Å². The Morgan fingerprint density at radius 2 is 1.43 bits per heavy atom. The van der Waals surface area contributed by atoms with Crippen LogP contribution >= 0.6 is 11.6 Å². The highest BCUT2D eigenvalue weighted by molar-refractivity contribution is 7.92. The molecule has 0 spiro atoms. The van der Waals surface area contributed by atoms with Crippen LogP contribution < -0.4 is 9.62 Å². The van der Waals surface area contributed by atoms with Gasteiger partial charge in [-0.05, 0) is 85.3 Å². The number of anilines is 1. The number of hydrogen-bond donors (Lipinski definition) is 1. The molecule has 1 N–H and O–H groups in total. The van der Waals surface area contributed by atoms with E-state index in [9.17, 15) is 18.0 Å². The standard InChI is InChI=1S/C38H42ClN3O4S/c1-28-21-29(2)23-34(22-28)42(47(45,46)35-19-10-5-11-20-35)27-37(43)41(26-31-15-12-16-32(39)24-31)36(25-30-13-6-3-7-14-30)38(44)40-33-17-8-4-9-18-33/h3,5-7,10-16,19-24,33,36H,4,8-9,17-18,25-27H2,1-2H3,(H,40,44)/t36-/m0/s1. The van der Waals surface area contributed by atoms with Gasteiger partial charge in [-0.15, -0.1) is 0 Å². The van der Waals surface area contributed by atoms with E-state index in [1.165, 1.54) is 17.0 Å². The van der Waals surface area contributed by atoms with Crippen LogP contribution in [0.5, 0.6) is 0 Å². The van der Waals surface area contributed by atoms with Crippen molar-refractivity contribution in [3.8, 4) is 0 Å². The van der Waals surface area contributed by atoms with Crippen LogP contribution in [0.1, 0.15) is 54.4 Å². The summed E-state index contributed by atoms with van der Waals surface area (Å²) in [6.45, 7) is 3.36. The van der Waals surface area contributed by atoms with Gasteiger partial charge in [0.25, 0.3) is 10.0 Å². The summed E-state index contributed by atoms with van der Waals surface area (Å²) >= 11 is 6.36. The van der Waals surface area contributed by atoms with E-state index in [4.69, 9.17) is 11.6 Å². The maximum absolute atomic E-state index is 14.7. The van der Waals surface area contributed by atoms with Gasteiger partial charge in [0.2, 0.25) is 11.8 Å². The summed E-state index contributed by atoms with van der Waals surface area (Å²) in [6, 6.07) is 29.5. The van der Waals surface area contributed by atoms with E-state index in [1.54, 1.807) is 48.5 Å². The number of carbonyl (C=O) groups excluding carboxylic acids is 2. The highest BCUT2D eigenvalue weighted by atomic mass is 35.5. The van der Waals surface area contributed by atoms with Crippen molar-refractivity contribution < 1.29 is 18.0 Å². The zero-order valence-electron chi connectivity index (χ0n) is 26.9. The molecule has 0 saturated heterocycles. The molecule has 4 aromatic carbocycles. The Hall–Kier alpha value is -4.14. The van der Waals surface area contributed by atoms with Crippen molar-refractivity contribution in [3.63, 3.8) is 0 Å². The molecule has 47 heavy (non-hydrogen) atoms. The fourth-order valence-electron chi connectivity index (χ4n) is 6.27. The van der Waals surface area contributed by atoms with Crippen LogP contribution in [0, 0.1) is 13.8 Å². The molecule has 1 fully saturated rings. The minimum absolute atomic E-state index is 0.0304. The predicted molar refractivity (Wildman–Crippen MR) is 188 cm³/mol. The van der Waals surface area contributed by atoms with Gasteiger partial charge in [-0.25, -0.2) is 8.42 Å². The van der Waals surface area contributed by atoms with E-state index >= 15 is 0 Å². The Balaban J connectivity index is 1.58. The summed E-state index contributed by atoms with van der Waals surface area (Å²) < 4.78 is 29.6. The normalized spacial score (nSPS) is 14.3. The molecule has 4 aromatic rings. The molecule has 0 aliphatic heterocycles. The lowest BCUT2D eigenvalue weighted by Crippen LogP contribution is -2.55. The summed E-state index contributed by atoms with van der Waals surface area (Å²) in [6.07, 6.45) is 5.27. The molecular weight excluding hydrogens is 630 g/mol. The smallest absolute Gasteiger partial charge is 0.264 e. The van der Waals surface area contributed by atoms with Crippen LogP contribution in [0.25, 0.3) is 0 Å². The maximum Gasteiger partial charge on any atom is 0.264 e. The zero-order valence-corrected chi connectivity index (χ0v) is 28.5. The summed E-state index contributed by atoms with van der Waals surface area (Å²) in [5.74, 6) is -0.747. The Labute approximate surface area is 283 Å². The first-order chi connectivity index (χ1) is 22.6. The van der Waals surface area contributed by atoms with E-state index in [0.717, 1.165) is 58.7 Å². The zero-order chi connectivity index (χ0) is 33.4. The third-order valence-electron chi connectivity index (χ3n) is 8.57. The first kappa shape index (κ1) is 34.2. The summed E-state index contributed by atoms with van der Waals surface area (Å²) in [5, 5.41) is 3.74. The van der Waals surface area contributed by atoms with Crippen LogP contribution in [0.3, 0.4) is 0 Å². The number of sulfonamides is 1. The van der Waals surface area contributed by atoms with Gasteiger partial charge in [0.05, 0.1) is 10.6 Å². The molecule has 246 valence electrons. The Morgan fingerprint density at radius 1 is 0.809 bits per heavy atom. The lowest BCUT2D eigenvalue weighted by atomic mass is 9.94. The van der Waals surface area contributed by atoms with Crippen molar-refractivity contribution in [2.75, 3.05) is 10.8 Å². The van der Waals surface area contributed by atoms with E-state index in [1.807, 2.05) is 56.3 Å². The van der Waals surface area contributed by atoms with Crippen LogP contribution in [0.4, 0.5) is 5.69 Å². The second-order valence-electron chi connectivity index (χ2n) is 12.4. The third kappa shape index (κ3) is 9.02. The number of hydrogen-bond acceptors (Lipinski definition) is 4. The van der Waals surface area contributed by atoms with Gasteiger partial charge >= 0.3 is 0 Å². The van der Waals surface area contributed by atoms with Crippen molar-refractivity contribution in [1.29, 1.82) is 0 Å². The fraction of sp³-hybridized carbons (Fsp3) is 0.316. The van der Waals surface area contributed by atoms with Crippen molar-refractivity contribution in [3.05, 3.63) is 130 Å². The third-order valence-corrected chi connectivity index (χ3v) is 10.6. The highest BCUT2D eigenvalue weighted by Crippen LogP contribution is 2.27.